The van der Waals surface area contributed by atoms with E-state index in [4.69, 9.17) is 22.1 Å². The van der Waals surface area contributed by atoms with Crippen molar-refractivity contribution in [1.29, 1.82) is 0 Å². The first-order valence-electron chi connectivity index (χ1n) is 12.8. The molecule has 3 saturated carbocycles. The Morgan fingerprint density at radius 3 is 2.61 bits per heavy atom. The van der Waals surface area contributed by atoms with Crippen LogP contribution in [0.2, 0.25) is 0 Å². The van der Waals surface area contributed by atoms with Crippen LogP contribution in [-0.4, -0.2) is 52.0 Å². The molecule has 0 saturated heterocycles. The Labute approximate surface area is 211 Å². The third-order valence-electron chi connectivity index (χ3n) is 9.78. The second kappa shape index (κ2) is 9.55. The number of oxime groups is 1. The average Bonchev–Trinajstić information content (AvgIpc) is 3.09. The Morgan fingerprint density at radius 1 is 1.22 bits per heavy atom. The molecule has 0 unspecified atom stereocenters. The number of nitrogens with one attached hydrogen (secondary N) is 1. The van der Waals surface area contributed by atoms with Gasteiger partial charge in [-0.25, -0.2) is 4.79 Å². The topological polar surface area (TPSA) is 151 Å². The first kappa shape index (κ1) is 26.2. The Kier molecular flexibility index (Phi) is 6.95. The molecule has 4 aliphatic carbocycles. The van der Waals surface area contributed by atoms with Gasteiger partial charge in [0.05, 0.1) is 12.1 Å². The lowest BCUT2D eigenvalue weighted by Crippen LogP contribution is -2.54. The van der Waals surface area contributed by atoms with Gasteiger partial charge in [0.15, 0.2) is 6.61 Å². The predicted octanol–water partition coefficient (Wildman–Crippen LogP) is 2.13. The molecular formula is C27H37N3O6. The molecule has 7 atom stereocenters. The Morgan fingerprint density at radius 2 is 1.94 bits per heavy atom. The van der Waals surface area contributed by atoms with Crippen LogP contribution in [0, 0.1) is 40.9 Å². The molecule has 4 rings (SSSR count). The molecule has 0 aromatic heterocycles. The van der Waals surface area contributed by atoms with Crippen LogP contribution >= 0.6 is 0 Å². The number of carbonyl (C=O) groups excluding carboxylic acids is 2. The Balaban J connectivity index is 1.40. The molecule has 0 aromatic rings. The maximum Gasteiger partial charge on any atom is 0.326 e. The van der Waals surface area contributed by atoms with Crippen LogP contribution in [0.4, 0.5) is 0 Å². The number of amides is 2. The van der Waals surface area contributed by atoms with Crippen LogP contribution < -0.4 is 11.1 Å². The van der Waals surface area contributed by atoms with Gasteiger partial charge < -0.3 is 26.1 Å². The van der Waals surface area contributed by atoms with E-state index in [1.807, 2.05) is 0 Å². The minimum atomic E-state index is -1.40. The second-order valence-electron chi connectivity index (χ2n) is 11.5. The number of hydrogen-bond acceptors (Lipinski definition) is 6. The number of rotatable bonds is 7. The number of fused-ring (bicyclic) bond motifs is 5. The van der Waals surface area contributed by atoms with Crippen molar-refractivity contribution in [2.24, 2.45) is 39.5 Å². The molecule has 4 aliphatic rings. The number of aliphatic carboxylic acids is 1. The fourth-order valence-electron chi connectivity index (χ4n) is 7.71. The molecule has 0 spiro atoms. The minimum absolute atomic E-state index is 0.0704. The molecule has 0 aromatic carbocycles. The fourth-order valence-corrected chi connectivity index (χ4v) is 7.71. The molecule has 196 valence electrons. The summed E-state index contributed by atoms with van der Waals surface area (Å²) in [5.74, 6) is 1.42. The van der Waals surface area contributed by atoms with E-state index >= 15 is 0 Å². The number of primary amides is 1. The van der Waals surface area contributed by atoms with Gasteiger partial charge in [0, 0.05) is 5.41 Å². The van der Waals surface area contributed by atoms with E-state index in [1.54, 1.807) is 0 Å². The van der Waals surface area contributed by atoms with Crippen LogP contribution in [0.25, 0.3) is 0 Å². The van der Waals surface area contributed by atoms with Gasteiger partial charge in [0.1, 0.15) is 11.6 Å². The van der Waals surface area contributed by atoms with Crippen molar-refractivity contribution < 1.29 is 29.4 Å². The van der Waals surface area contributed by atoms with E-state index in [9.17, 15) is 19.5 Å². The van der Waals surface area contributed by atoms with E-state index in [0.29, 0.717) is 24.2 Å². The van der Waals surface area contributed by atoms with Gasteiger partial charge >= 0.3 is 5.97 Å². The quantitative estimate of drug-likeness (QED) is 0.311. The maximum absolute atomic E-state index is 12.0. The third-order valence-corrected chi connectivity index (χ3v) is 9.78. The van der Waals surface area contributed by atoms with Gasteiger partial charge in [-0.1, -0.05) is 30.5 Å². The van der Waals surface area contributed by atoms with E-state index in [1.165, 1.54) is 5.57 Å². The van der Waals surface area contributed by atoms with Crippen molar-refractivity contribution in [2.45, 2.75) is 83.3 Å². The molecule has 2 amide bonds. The number of carbonyl (C=O) groups is 3. The molecule has 0 aliphatic heterocycles. The zero-order valence-electron chi connectivity index (χ0n) is 21.1. The summed E-state index contributed by atoms with van der Waals surface area (Å²) in [5, 5.41) is 26.6. The van der Waals surface area contributed by atoms with Crippen molar-refractivity contribution in [3.05, 3.63) is 11.6 Å². The highest BCUT2D eigenvalue weighted by Gasteiger charge is 2.63. The number of nitrogens with two attached hydrogens (primary N) is 1. The summed E-state index contributed by atoms with van der Waals surface area (Å²) in [7, 11) is 0. The third kappa shape index (κ3) is 4.40. The molecule has 0 radical (unpaired) electrons. The zero-order chi connectivity index (χ0) is 26.3. The summed E-state index contributed by atoms with van der Waals surface area (Å²) in [6.45, 7) is 4.10. The number of nitrogens with zero attached hydrogens (tertiary/aromatic N) is 1. The standard InChI is InChI=1S/C27H37N3O6/c1-4-27(35)12-9-20-18-6-5-16-13-17(7-10-25(16,2)19(18)8-11-26(20,27)3)30-36-15-23(32)29-21(24(33)34)14-22(28)31/h1,13,18-21,35H,5-12,14-15H2,2-3H3,(H2,28,31)(H,29,32)(H,33,34)/b30-17+/t18-,19-,20+,21-,25-,26-,27+/m0/s1. The molecular weight excluding hydrogens is 462 g/mol. The van der Waals surface area contributed by atoms with Crippen molar-refractivity contribution in [3.8, 4) is 12.3 Å². The number of carboxylic acid groups (broad SMARTS) is 1. The summed E-state index contributed by atoms with van der Waals surface area (Å²) in [6, 6.07) is -1.40. The van der Waals surface area contributed by atoms with Crippen LogP contribution in [0.5, 0.6) is 0 Å². The minimum Gasteiger partial charge on any atom is -0.480 e. The largest absolute Gasteiger partial charge is 0.480 e. The highest BCUT2D eigenvalue weighted by molar-refractivity contribution is 5.96. The second-order valence-corrected chi connectivity index (χ2v) is 11.5. The van der Waals surface area contributed by atoms with Crippen molar-refractivity contribution in [3.63, 3.8) is 0 Å². The SMILES string of the molecule is C#C[C@@]1(O)CC[C@@H]2[C@H]3CCC4=C/C(=N/OCC(=O)N[C@@H](CC(N)=O)C(=O)O)CC[C@]4(C)[C@H]3CC[C@@]21C. The lowest BCUT2D eigenvalue weighted by atomic mass is 9.46. The molecule has 0 bridgehead atoms. The number of aliphatic hydroxyl groups is 1. The molecule has 5 N–H and O–H groups in total. The van der Waals surface area contributed by atoms with Crippen LogP contribution in [0.15, 0.2) is 16.8 Å². The van der Waals surface area contributed by atoms with Crippen LogP contribution in [0.1, 0.15) is 71.6 Å². The maximum atomic E-state index is 12.0. The summed E-state index contributed by atoms with van der Waals surface area (Å²) >= 11 is 0. The monoisotopic (exact) mass is 499 g/mol. The number of hydrogen-bond donors (Lipinski definition) is 4. The van der Waals surface area contributed by atoms with Crippen molar-refractivity contribution in [2.75, 3.05) is 6.61 Å². The first-order valence-corrected chi connectivity index (χ1v) is 12.8. The van der Waals surface area contributed by atoms with Gasteiger partial charge in [-0.05, 0) is 80.6 Å². The highest BCUT2D eigenvalue weighted by Crippen LogP contribution is 2.67. The Hall–Kier alpha value is -2.86. The molecule has 3 fully saturated rings. The smallest absolute Gasteiger partial charge is 0.326 e. The van der Waals surface area contributed by atoms with E-state index in [0.717, 1.165) is 50.7 Å². The summed E-state index contributed by atoms with van der Waals surface area (Å²) < 4.78 is 0. The summed E-state index contributed by atoms with van der Waals surface area (Å²) in [5.41, 5.74) is 6.01. The average molecular weight is 500 g/mol. The lowest BCUT2D eigenvalue weighted by Gasteiger charge is -2.58. The molecule has 36 heavy (non-hydrogen) atoms. The van der Waals surface area contributed by atoms with Gasteiger partial charge in [0.25, 0.3) is 5.91 Å². The molecule has 9 heteroatoms. The normalized spacial score (nSPS) is 39.0. The summed E-state index contributed by atoms with van der Waals surface area (Å²) in [6.07, 6.45) is 14.7. The number of allylic oxidation sites excluding steroid dienone is 2. The van der Waals surface area contributed by atoms with Gasteiger partial charge in [-0.3, -0.25) is 9.59 Å². The van der Waals surface area contributed by atoms with Gasteiger partial charge in [-0.2, -0.15) is 0 Å². The molecule has 9 nitrogen and oxygen atoms in total. The van der Waals surface area contributed by atoms with E-state index in [-0.39, 0.29) is 10.8 Å². The Bertz CT molecular complexity index is 1050. The highest BCUT2D eigenvalue weighted by atomic mass is 16.6. The number of carboxylic acids is 1. The first-order chi connectivity index (χ1) is 16.9. The van der Waals surface area contributed by atoms with E-state index in [2.05, 4.69) is 36.3 Å². The van der Waals surface area contributed by atoms with Gasteiger partial charge in [0.2, 0.25) is 5.91 Å². The summed E-state index contributed by atoms with van der Waals surface area (Å²) in [4.78, 5) is 39.4. The van der Waals surface area contributed by atoms with Crippen molar-refractivity contribution >= 4 is 23.5 Å². The zero-order valence-corrected chi connectivity index (χ0v) is 21.1. The van der Waals surface area contributed by atoms with Crippen molar-refractivity contribution in [1.82, 2.24) is 5.32 Å². The van der Waals surface area contributed by atoms with Crippen LogP contribution in [-0.2, 0) is 19.2 Å². The fraction of sp³-hybridized carbons (Fsp3) is 0.704. The number of terminal acetylenes is 1. The molecule has 0 heterocycles. The lowest BCUT2D eigenvalue weighted by molar-refractivity contribution is -0.144. The van der Waals surface area contributed by atoms with Gasteiger partial charge in [-0.15, -0.1) is 6.42 Å². The predicted molar refractivity (Wildman–Crippen MR) is 132 cm³/mol. The van der Waals surface area contributed by atoms with E-state index < -0.39 is 42.5 Å². The van der Waals surface area contributed by atoms with Crippen LogP contribution in [0.3, 0.4) is 0 Å².